The van der Waals surface area contributed by atoms with Crippen LogP contribution in [0.1, 0.15) is 5.01 Å². The number of anilines is 1. The highest BCUT2D eigenvalue weighted by atomic mass is 32.2. The first kappa shape index (κ1) is 13.9. The molecular weight excluding hydrogens is 340 g/mol. The summed E-state index contributed by atoms with van der Waals surface area (Å²) >= 11 is 1.54. The summed E-state index contributed by atoms with van der Waals surface area (Å²) in [7, 11) is -3.53. The van der Waals surface area contributed by atoms with E-state index in [2.05, 4.69) is 4.98 Å². The molecule has 1 aliphatic rings. The minimum absolute atomic E-state index is 0.259. The topological polar surface area (TPSA) is 50.3 Å². The first-order chi connectivity index (χ1) is 11.6. The second-order valence-corrected chi connectivity index (χ2v) is 8.66. The summed E-state index contributed by atoms with van der Waals surface area (Å²) in [5.74, 6) is 0. The Morgan fingerprint density at radius 2 is 1.75 bits per heavy atom. The number of hydrogen-bond acceptors (Lipinski definition) is 4. The average Bonchev–Trinajstić information content (AvgIpc) is 3.09. The minimum Gasteiger partial charge on any atom is -0.259 e. The maximum atomic E-state index is 13.0. The molecule has 1 aliphatic heterocycles. The van der Waals surface area contributed by atoms with Crippen LogP contribution >= 0.6 is 11.3 Å². The second kappa shape index (κ2) is 4.78. The standard InChI is InChI=1S/C18H12N2O2S2/c21-24(22)16-10-4-6-12-5-3-8-14(18(12)16)20(24)11-17-19-13-7-1-2-9-15(13)23-17/h1-10H,11H2. The molecule has 0 fully saturated rings. The Kier molecular flexibility index (Phi) is 2.78. The predicted octanol–water partition coefficient (Wildman–Crippen LogP) is 4.16. The molecule has 4 nitrogen and oxygen atoms in total. The van der Waals surface area contributed by atoms with Crippen molar-refractivity contribution in [3.05, 3.63) is 65.7 Å². The van der Waals surface area contributed by atoms with Gasteiger partial charge in [-0.1, -0.05) is 36.4 Å². The number of hydrogen-bond donors (Lipinski definition) is 0. The lowest BCUT2D eigenvalue weighted by Crippen LogP contribution is -2.26. The summed E-state index contributed by atoms with van der Waals surface area (Å²) in [5.41, 5.74) is 1.65. The Labute approximate surface area is 143 Å². The van der Waals surface area contributed by atoms with Crippen LogP contribution in [0.4, 0.5) is 5.69 Å². The van der Waals surface area contributed by atoms with E-state index in [1.807, 2.05) is 48.5 Å². The summed E-state index contributed by atoms with van der Waals surface area (Å²) < 4.78 is 28.5. The largest absolute Gasteiger partial charge is 0.265 e. The van der Waals surface area contributed by atoms with Gasteiger partial charge in [-0.2, -0.15) is 0 Å². The second-order valence-electron chi connectivity index (χ2n) is 5.72. The molecule has 0 unspecified atom stereocenters. The molecular formula is C18H12N2O2S2. The molecule has 0 bridgehead atoms. The first-order valence-corrected chi connectivity index (χ1v) is 9.79. The summed E-state index contributed by atoms with van der Waals surface area (Å²) in [5, 5.41) is 2.55. The van der Waals surface area contributed by atoms with E-state index in [9.17, 15) is 8.42 Å². The van der Waals surface area contributed by atoms with E-state index in [0.717, 1.165) is 31.7 Å². The maximum absolute atomic E-state index is 13.0. The zero-order chi connectivity index (χ0) is 16.3. The summed E-state index contributed by atoms with van der Waals surface area (Å²) in [6.07, 6.45) is 0. The molecule has 0 radical (unpaired) electrons. The Bertz CT molecular complexity index is 1170. The molecule has 5 rings (SSSR count). The molecule has 1 aromatic heterocycles. The molecule has 0 saturated carbocycles. The van der Waals surface area contributed by atoms with Gasteiger partial charge in [0.15, 0.2) is 0 Å². The fraction of sp³-hybridized carbons (Fsp3) is 0.0556. The normalized spacial score (nSPS) is 15.4. The van der Waals surface area contributed by atoms with Gasteiger partial charge in [-0.15, -0.1) is 11.3 Å². The number of aromatic nitrogens is 1. The molecule has 24 heavy (non-hydrogen) atoms. The molecule has 0 atom stereocenters. The molecule has 6 heteroatoms. The summed E-state index contributed by atoms with van der Waals surface area (Å²) in [6, 6.07) is 19.0. The number of fused-ring (bicyclic) bond motifs is 1. The lowest BCUT2D eigenvalue weighted by Gasteiger charge is -2.17. The van der Waals surface area contributed by atoms with Crippen LogP contribution in [-0.4, -0.2) is 13.4 Å². The number of para-hydroxylation sites is 1. The van der Waals surface area contributed by atoms with Crippen molar-refractivity contribution in [2.24, 2.45) is 0 Å². The van der Waals surface area contributed by atoms with E-state index in [-0.39, 0.29) is 6.54 Å². The van der Waals surface area contributed by atoms with Crippen LogP contribution in [0, 0.1) is 0 Å². The Morgan fingerprint density at radius 3 is 2.58 bits per heavy atom. The van der Waals surface area contributed by atoms with Crippen molar-refractivity contribution < 1.29 is 8.42 Å². The third-order valence-corrected chi connectivity index (χ3v) is 7.12. The summed E-state index contributed by atoms with van der Waals surface area (Å²) in [6.45, 7) is 0.259. The zero-order valence-electron chi connectivity index (χ0n) is 12.5. The summed E-state index contributed by atoms with van der Waals surface area (Å²) in [4.78, 5) is 4.97. The van der Waals surface area contributed by atoms with Gasteiger partial charge in [0.1, 0.15) is 5.01 Å². The van der Waals surface area contributed by atoms with Crippen molar-refractivity contribution in [3.63, 3.8) is 0 Å². The molecule has 2 heterocycles. The fourth-order valence-electron chi connectivity index (χ4n) is 3.24. The van der Waals surface area contributed by atoms with E-state index >= 15 is 0 Å². The maximum Gasteiger partial charge on any atom is 0.265 e. The van der Waals surface area contributed by atoms with Gasteiger partial charge in [0, 0.05) is 5.39 Å². The van der Waals surface area contributed by atoms with E-state index in [0.29, 0.717) is 4.90 Å². The van der Waals surface area contributed by atoms with Crippen LogP contribution in [-0.2, 0) is 16.6 Å². The smallest absolute Gasteiger partial charge is 0.259 e. The Hall–Kier alpha value is -2.44. The molecule has 0 aliphatic carbocycles. The lowest BCUT2D eigenvalue weighted by atomic mass is 10.1. The van der Waals surface area contributed by atoms with Gasteiger partial charge in [0.2, 0.25) is 0 Å². The number of thiazole rings is 1. The molecule has 0 N–H and O–H groups in total. The van der Waals surface area contributed by atoms with Gasteiger partial charge < -0.3 is 0 Å². The lowest BCUT2D eigenvalue weighted by molar-refractivity contribution is 0.593. The number of nitrogens with zero attached hydrogens (tertiary/aromatic N) is 2. The monoisotopic (exact) mass is 352 g/mol. The van der Waals surface area contributed by atoms with E-state index < -0.39 is 10.0 Å². The van der Waals surface area contributed by atoms with Gasteiger partial charge >= 0.3 is 0 Å². The van der Waals surface area contributed by atoms with Crippen LogP contribution in [0.2, 0.25) is 0 Å². The van der Waals surface area contributed by atoms with E-state index in [1.54, 1.807) is 12.1 Å². The number of rotatable bonds is 2. The van der Waals surface area contributed by atoms with Crippen LogP contribution in [0.15, 0.2) is 65.6 Å². The van der Waals surface area contributed by atoms with E-state index in [4.69, 9.17) is 0 Å². The van der Waals surface area contributed by atoms with Crippen LogP contribution in [0.3, 0.4) is 0 Å². The average molecular weight is 352 g/mol. The van der Waals surface area contributed by atoms with Gasteiger partial charge in [0.05, 0.1) is 27.3 Å². The SMILES string of the molecule is O=S1(=O)c2cccc3cccc(c23)N1Cc1nc2ccccc2s1. The fourth-order valence-corrected chi connectivity index (χ4v) is 5.95. The molecule has 4 aromatic rings. The van der Waals surface area contributed by atoms with Crippen molar-refractivity contribution in [2.45, 2.75) is 11.4 Å². The van der Waals surface area contributed by atoms with Crippen molar-refractivity contribution in [1.82, 2.24) is 4.98 Å². The highest BCUT2D eigenvalue weighted by molar-refractivity contribution is 7.93. The van der Waals surface area contributed by atoms with E-state index in [1.165, 1.54) is 15.6 Å². The Morgan fingerprint density at radius 1 is 0.958 bits per heavy atom. The predicted molar refractivity (Wildman–Crippen MR) is 96.9 cm³/mol. The number of benzene rings is 3. The third-order valence-electron chi connectivity index (χ3n) is 4.30. The third kappa shape index (κ3) is 1.84. The van der Waals surface area contributed by atoms with Crippen LogP contribution in [0.25, 0.3) is 21.0 Å². The van der Waals surface area contributed by atoms with Gasteiger partial charge in [0.25, 0.3) is 10.0 Å². The molecule has 0 spiro atoms. The minimum atomic E-state index is -3.53. The van der Waals surface area contributed by atoms with Crippen molar-refractivity contribution in [2.75, 3.05) is 4.31 Å². The zero-order valence-corrected chi connectivity index (χ0v) is 14.1. The molecule has 3 aromatic carbocycles. The van der Waals surface area contributed by atoms with Crippen molar-refractivity contribution >= 4 is 48.0 Å². The van der Waals surface area contributed by atoms with Crippen LogP contribution < -0.4 is 4.31 Å². The molecule has 0 saturated heterocycles. The van der Waals surface area contributed by atoms with Crippen LogP contribution in [0.5, 0.6) is 0 Å². The van der Waals surface area contributed by atoms with Gasteiger partial charge in [-0.05, 0) is 29.7 Å². The molecule has 118 valence electrons. The van der Waals surface area contributed by atoms with Crippen molar-refractivity contribution in [3.8, 4) is 0 Å². The quantitative estimate of drug-likeness (QED) is 0.544. The first-order valence-electron chi connectivity index (χ1n) is 7.53. The highest BCUT2D eigenvalue weighted by Crippen LogP contribution is 2.43. The van der Waals surface area contributed by atoms with Gasteiger partial charge in [-0.3, -0.25) is 4.31 Å². The van der Waals surface area contributed by atoms with Gasteiger partial charge in [-0.25, -0.2) is 13.4 Å². The Balaban J connectivity index is 1.68. The molecule has 0 amide bonds. The highest BCUT2D eigenvalue weighted by Gasteiger charge is 2.35. The van der Waals surface area contributed by atoms with Crippen molar-refractivity contribution in [1.29, 1.82) is 0 Å². The number of sulfonamides is 1.